The molecule has 3 heterocycles. The molecule has 12 atom stereocenters. The lowest BCUT2D eigenvalue weighted by Gasteiger charge is -2.71. The molecular weight excluding hydrogens is 640 g/mol. The number of nitrogens with two attached hydrogens (primary N) is 1. The van der Waals surface area contributed by atoms with Crippen LogP contribution in [0.3, 0.4) is 0 Å². The Hall–Kier alpha value is -2.49. The summed E-state index contributed by atoms with van der Waals surface area (Å²) in [5.41, 5.74) is 7.45. The molecule has 0 amide bonds. The van der Waals surface area contributed by atoms with Gasteiger partial charge in [0.15, 0.2) is 5.82 Å². The molecule has 2 bridgehead atoms. The molecule has 4 aliphatic carbocycles. The molecule has 9 heteroatoms. The fourth-order valence-corrected chi connectivity index (χ4v) is 12.6. The van der Waals surface area contributed by atoms with Gasteiger partial charge in [0.1, 0.15) is 12.6 Å². The van der Waals surface area contributed by atoms with Crippen molar-refractivity contribution in [3.05, 3.63) is 36.6 Å². The lowest BCUT2D eigenvalue weighted by molar-refractivity contribution is -0.252. The van der Waals surface area contributed by atoms with Crippen molar-refractivity contribution in [3.63, 3.8) is 0 Å². The average molecular weight is 705 g/mol. The fraction of sp³-hybridized carbons (Fsp3) is 0.786. The number of hydrogen-bond acceptors (Lipinski definition) is 7. The highest BCUT2D eigenvalue weighted by Crippen LogP contribution is 2.75. The highest BCUT2D eigenvalue weighted by molar-refractivity contribution is 5.73. The number of furan rings is 1. The van der Waals surface area contributed by atoms with Gasteiger partial charge in [0.25, 0.3) is 0 Å². The number of carboxylic acid groups (broad SMARTS) is 1. The summed E-state index contributed by atoms with van der Waals surface area (Å²) in [7, 11) is 0. The quantitative estimate of drug-likeness (QED) is 0.249. The van der Waals surface area contributed by atoms with Crippen molar-refractivity contribution in [2.45, 2.75) is 125 Å². The van der Waals surface area contributed by atoms with Crippen molar-refractivity contribution in [1.29, 1.82) is 0 Å². The maximum absolute atomic E-state index is 13.5. The van der Waals surface area contributed by atoms with E-state index in [4.69, 9.17) is 29.7 Å². The van der Waals surface area contributed by atoms with Crippen LogP contribution < -0.4 is 5.73 Å². The zero-order valence-corrected chi connectivity index (χ0v) is 32.9. The van der Waals surface area contributed by atoms with Gasteiger partial charge >= 0.3 is 5.97 Å². The van der Waals surface area contributed by atoms with E-state index in [1.165, 1.54) is 5.57 Å². The number of rotatable bonds is 9. The molecule has 0 aromatic carbocycles. The Morgan fingerprint density at radius 1 is 1.12 bits per heavy atom. The topological polar surface area (TPSA) is 126 Å². The van der Waals surface area contributed by atoms with Crippen LogP contribution >= 0.6 is 0 Å². The second kappa shape index (κ2) is 12.3. The molecule has 9 nitrogen and oxygen atoms in total. The Morgan fingerprint density at radius 3 is 2.51 bits per heavy atom. The van der Waals surface area contributed by atoms with E-state index in [9.17, 15) is 9.90 Å². The second-order valence-corrected chi connectivity index (χ2v) is 19.5. The van der Waals surface area contributed by atoms with E-state index in [1.807, 2.05) is 6.07 Å². The van der Waals surface area contributed by atoms with E-state index in [0.29, 0.717) is 37.6 Å². The zero-order chi connectivity index (χ0) is 36.9. The monoisotopic (exact) mass is 704 g/mol. The summed E-state index contributed by atoms with van der Waals surface area (Å²) in [6.45, 7) is 24.3. The van der Waals surface area contributed by atoms with E-state index in [2.05, 4.69) is 80.0 Å². The predicted molar refractivity (Wildman–Crippen MR) is 198 cm³/mol. The van der Waals surface area contributed by atoms with Gasteiger partial charge in [-0.25, -0.2) is 9.67 Å². The van der Waals surface area contributed by atoms with Gasteiger partial charge in [-0.05, 0) is 97.3 Å². The third-order valence-corrected chi connectivity index (χ3v) is 16.6. The fourth-order valence-electron chi connectivity index (χ4n) is 12.6. The summed E-state index contributed by atoms with van der Waals surface area (Å²) >= 11 is 0. The van der Waals surface area contributed by atoms with Crippen molar-refractivity contribution >= 4 is 5.97 Å². The molecule has 51 heavy (non-hydrogen) atoms. The summed E-state index contributed by atoms with van der Waals surface area (Å²) in [5, 5.41) is 16.0. The summed E-state index contributed by atoms with van der Waals surface area (Å²) in [6.07, 6.45) is 13.1. The van der Waals surface area contributed by atoms with Crippen LogP contribution in [0.1, 0.15) is 114 Å². The van der Waals surface area contributed by atoms with Crippen LogP contribution in [0.25, 0.3) is 11.4 Å². The molecule has 0 radical (unpaired) electrons. The highest BCUT2D eigenvalue weighted by atomic mass is 16.5. The molecule has 0 spiro atoms. The van der Waals surface area contributed by atoms with Crippen molar-refractivity contribution in [2.24, 2.45) is 68.3 Å². The molecule has 2 aromatic heterocycles. The number of allylic oxidation sites excluding steroid dienone is 1. The molecule has 1 saturated heterocycles. The largest absolute Gasteiger partial charge is 0.481 e. The van der Waals surface area contributed by atoms with Gasteiger partial charge in [-0.2, -0.15) is 5.10 Å². The van der Waals surface area contributed by atoms with Gasteiger partial charge in [-0.1, -0.05) is 74.0 Å². The summed E-state index contributed by atoms with van der Waals surface area (Å²) < 4.78 is 21.5. The molecular formula is C42H64N4O5. The normalized spacial score (nSPS) is 42.4. The maximum Gasteiger partial charge on any atom is 0.307 e. The first-order valence-corrected chi connectivity index (χ1v) is 19.7. The van der Waals surface area contributed by atoms with Gasteiger partial charge in [-0.15, -0.1) is 0 Å². The Bertz CT molecular complexity index is 1650. The van der Waals surface area contributed by atoms with E-state index < -0.39 is 17.4 Å². The summed E-state index contributed by atoms with van der Waals surface area (Å²) in [4.78, 5) is 18.3. The zero-order valence-electron chi connectivity index (χ0n) is 32.9. The lowest BCUT2D eigenvalue weighted by atomic mass is 9.34. The van der Waals surface area contributed by atoms with Crippen LogP contribution in [0.4, 0.5) is 0 Å². The van der Waals surface area contributed by atoms with Crippen molar-refractivity contribution in [1.82, 2.24) is 14.8 Å². The van der Waals surface area contributed by atoms with Crippen LogP contribution in [0.5, 0.6) is 0 Å². The molecule has 3 N–H and O–H groups in total. The van der Waals surface area contributed by atoms with Crippen molar-refractivity contribution in [3.8, 4) is 11.4 Å². The minimum absolute atomic E-state index is 0.111. The Balaban J connectivity index is 1.35. The minimum atomic E-state index is -0.625. The van der Waals surface area contributed by atoms with E-state index in [0.717, 1.165) is 49.9 Å². The standard InChI is InChI=1S/C42H64N4O5/c1-25(2)27(5)37(6)16-17-39(8)29-11-12-32-38(7)21-50-23-42(32,30(29)13-15-40(39,9)33(37)36(47)48)19-31(34(38)51-22-41(10,43)26(3)4)46-35(44-24-45-46)28-14-18-49-20-28/h13-14,18,20,24-27,29,31-34H,11-12,15-17,19,21-23,43H2,1-10H3,(H,47,48)/t27-,29+,31-,32+,33-,34+,37-,38?,39-,40+,41+,42+/m1/s1. The summed E-state index contributed by atoms with van der Waals surface area (Å²) in [6, 6.07) is 1.83. The predicted octanol–water partition coefficient (Wildman–Crippen LogP) is 8.43. The summed E-state index contributed by atoms with van der Waals surface area (Å²) in [5.74, 6) is 1.34. The van der Waals surface area contributed by atoms with Crippen molar-refractivity contribution < 1.29 is 23.8 Å². The molecule has 282 valence electrons. The molecule has 3 saturated carbocycles. The molecule has 5 aliphatic rings. The van der Waals surface area contributed by atoms with Gasteiger partial charge < -0.3 is 24.7 Å². The van der Waals surface area contributed by atoms with Crippen LogP contribution in [0.15, 0.2) is 41.0 Å². The van der Waals surface area contributed by atoms with E-state index in [-0.39, 0.29) is 51.1 Å². The van der Waals surface area contributed by atoms with Crippen LogP contribution in [0, 0.1) is 62.6 Å². The van der Waals surface area contributed by atoms with Crippen LogP contribution in [-0.2, 0) is 14.3 Å². The van der Waals surface area contributed by atoms with Gasteiger partial charge in [-0.3, -0.25) is 4.79 Å². The second-order valence-electron chi connectivity index (χ2n) is 19.5. The number of ether oxygens (including phenoxy) is 2. The molecule has 1 aliphatic heterocycles. The number of hydrogen-bond donors (Lipinski definition) is 2. The van der Waals surface area contributed by atoms with Gasteiger partial charge in [0.2, 0.25) is 0 Å². The lowest BCUT2D eigenvalue weighted by Crippen LogP contribution is -2.69. The Morgan fingerprint density at radius 2 is 1.86 bits per heavy atom. The minimum Gasteiger partial charge on any atom is -0.481 e. The van der Waals surface area contributed by atoms with E-state index in [1.54, 1.807) is 18.9 Å². The smallest absolute Gasteiger partial charge is 0.307 e. The first-order chi connectivity index (χ1) is 23.9. The molecule has 2 aromatic rings. The molecule has 1 unspecified atom stereocenters. The first kappa shape index (κ1) is 36.9. The number of aromatic nitrogens is 3. The van der Waals surface area contributed by atoms with Gasteiger partial charge in [0, 0.05) is 16.4 Å². The van der Waals surface area contributed by atoms with Gasteiger partial charge in [0.05, 0.1) is 49.7 Å². The Kier molecular flexibility index (Phi) is 8.87. The highest BCUT2D eigenvalue weighted by Gasteiger charge is 2.72. The number of aliphatic carboxylic acids is 1. The van der Waals surface area contributed by atoms with Crippen LogP contribution in [0.2, 0.25) is 0 Å². The van der Waals surface area contributed by atoms with Crippen LogP contribution in [-0.4, -0.2) is 57.3 Å². The first-order valence-electron chi connectivity index (χ1n) is 19.7. The third kappa shape index (κ3) is 5.13. The van der Waals surface area contributed by atoms with Crippen molar-refractivity contribution in [2.75, 3.05) is 19.8 Å². The molecule has 4 fully saturated rings. The van der Waals surface area contributed by atoms with E-state index >= 15 is 0 Å². The third-order valence-electron chi connectivity index (χ3n) is 16.6. The maximum atomic E-state index is 13.5. The number of fused-ring (bicyclic) bond motifs is 3. The number of carboxylic acids is 1. The molecule has 7 rings (SSSR count). The number of nitrogens with zero attached hydrogens (tertiary/aromatic N) is 3. The SMILES string of the molecule is CC(C)[C@@H](C)[C@@]1(C)CC[C@]2(C)[C@H]3CC[C@H]4C5(C)COC[C@@]4(C[C@@H](n4ncnc4-c4ccoc4)[C@@H]5OC[C@](C)(N)C(C)C)C3=CC[C@@]2(C)[C@@H]1C(=O)O. The Labute approximate surface area is 305 Å². The number of carbonyl (C=O) groups is 1. The average Bonchev–Trinajstić information content (AvgIpc) is 3.76.